The highest BCUT2D eigenvalue weighted by atomic mass is 16.1. The highest BCUT2D eigenvalue weighted by Gasteiger charge is 2.20. The largest absolute Gasteiger partial charge is 0.307 e. The second-order valence-corrected chi connectivity index (χ2v) is 7.23. The van der Waals surface area contributed by atoms with Crippen molar-refractivity contribution in [1.29, 1.82) is 0 Å². The fraction of sp³-hybridized carbons (Fsp3) is 0.400. The van der Waals surface area contributed by atoms with Crippen LogP contribution >= 0.6 is 0 Å². The quantitative estimate of drug-likeness (QED) is 0.768. The van der Waals surface area contributed by atoms with Crippen molar-refractivity contribution in [2.45, 2.75) is 38.0 Å². The molecule has 1 aliphatic rings. The number of carbonyl (C=O) groups excluding carboxylic acids is 1. The summed E-state index contributed by atoms with van der Waals surface area (Å²) in [4.78, 5) is 16.9. The maximum atomic E-state index is 12.7. The van der Waals surface area contributed by atoms with Gasteiger partial charge in [-0.05, 0) is 18.9 Å². The number of pyridine rings is 1. The van der Waals surface area contributed by atoms with Crippen LogP contribution in [0, 0.1) is 0 Å². The lowest BCUT2D eigenvalue weighted by Crippen LogP contribution is -2.14. The molecule has 0 aliphatic heterocycles. The van der Waals surface area contributed by atoms with E-state index in [4.69, 9.17) is 0 Å². The Bertz CT molecular complexity index is 951. The number of hydrogen-bond donors (Lipinski definition) is 1. The summed E-state index contributed by atoms with van der Waals surface area (Å²) in [6, 6.07) is 3.84. The summed E-state index contributed by atoms with van der Waals surface area (Å²) < 4.78 is 3.48. The first-order chi connectivity index (χ1) is 13.1. The van der Waals surface area contributed by atoms with Crippen LogP contribution < -0.4 is 5.32 Å². The molecule has 1 aliphatic carbocycles. The molecule has 0 aromatic carbocycles. The Labute approximate surface area is 158 Å². The number of aromatic nitrogens is 5. The number of nitrogens with one attached hydrogen (secondary N) is 1. The number of amides is 1. The molecule has 3 aromatic rings. The third kappa shape index (κ3) is 3.77. The van der Waals surface area contributed by atoms with Crippen LogP contribution in [0.2, 0.25) is 0 Å². The molecule has 3 aromatic heterocycles. The number of nitrogens with zero attached hydrogens (tertiary/aromatic N) is 5. The van der Waals surface area contributed by atoms with Crippen molar-refractivity contribution < 1.29 is 4.79 Å². The Morgan fingerprint density at radius 1 is 1.07 bits per heavy atom. The molecular formula is C20H24N6O. The normalized spacial score (nSPS) is 15.0. The van der Waals surface area contributed by atoms with Gasteiger partial charge in [0.2, 0.25) is 0 Å². The van der Waals surface area contributed by atoms with Gasteiger partial charge in [0, 0.05) is 55.8 Å². The minimum atomic E-state index is -0.188. The van der Waals surface area contributed by atoms with Crippen LogP contribution in [-0.4, -0.2) is 30.5 Å². The van der Waals surface area contributed by atoms with E-state index in [1.54, 1.807) is 28.0 Å². The highest BCUT2D eigenvalue weighted by molar-refractivity contribution is 6.04. The van der Waals surface area contributed by atoms with Gasteiger partial charge in [0.1, 0.15) is 5.82 Å². The Hall–Kier alpha value is -2.96. The molecular weight excluding hydrogens is 340 g/mol. The van der Waals surface area contributed by atoms with Gasteiger partial charge in [-0.25, -0.2) is 0 Å². The Kier molecular flexibility index (Phi) is 4.75. The third-order valence-electron chi connectivity index (χ3n) is 5.20. The van der Waals surface area contributed by atoms with Crippen molar-refractivity contribution in [3.8, 4) is 11.1 Å². The zero-order valence-corrected chi connectivity index (χ0v) is 15.7. The summed E-state index contributed by atoms with van der Waals surface area (Å²) in [7, 11) is 3.73. The molecule has 1 saturated carbocycles. The number of anilines is 1. The molecule has 0 saturated heterocycles. The van der Waals surface area contributed by atoms with Gasteiger partial charge >= 0.3 is 0 Å². The first-order valence-electron chi connectivity index (χ1n) is 9.39. The third-order valence-corrected chi connectivity index (χ3v) is 5.20. The van der Waals surface area contributed by atoms with Crippen LogP contribution in [0.1, 0.15) is 54.1 Å². The molecule has 3 heterocycles. The smallest absolute Gasteiger partial charge is 0.258 e. The molecule has 0 radical (unpaired) electrons. The van der Waals surface area contributed by atoms with Gasteiger partial charge in [-0.2, -0.15) is 10.2 Å². The van der Waals surface area contributed by atoms with Gasteiger partial charge in [-0.15, -0.1) is 0 Å². The lowest BCUT2D eigenvalue weighted by Gasteiger charge is -2.19. The first-order valence-corrected chi connectivity index (χ1v) is 9.39. The average molecular weight is 364 g/mol. The van der Waals surface area contributed by atoms with Crippen molar-refractivity contribution in [2.75, 3.05) is 5.32 Å². The molecule has 7 nitrogen and oxygen atoms in total. The van der Waals surface area contributed by atoms with Crippen LogP contribution in [0.4, 0.5) is 5.82 Å². The number of hydrogen-bond acceptors (Lipinski definition) is 4. The van der Waals surface area contributed by atoms with Crippen LogP contribution in [0.15, 0.2) is 36.9 Å². The number of aryl methyl sites for hydroxylation is 2. The van der Waals surface area contributed by atoms with E-state index in [1.807, 2.05) is 32.4 Å². The Morgan fingerprint density at radius 2 is 1.89 bits per heavy atom. The van der Waals surface area contributed by atoms with Gasteiger partial charge in [-0.3, -0.25) is 19.1 Å². The lowest BCUT2D eigenvalue weighted by atomic mass is 9.87. The summed E-state index contributed by atoms with van der Waals surface area (Å²) in [5.41, 5.74) is 3.38. The van der Waals surface area contributed by atoms with E-state index in [0.717, 1.165) is 16.8 Å². The van der Waals surface area contributed by atoms with Gasteiger partial charge < -0.3 is 5.32 Å². The zero-order chi connectivity index (χ0) is 18.8. The van der Waals surface area contributed by atoms with E-state index in [-0.39, 0.29) is 5.91 Å². The highest BCUT2D eigenvalue weighted by Crippen LogP contribution is 2.32. The summed E-state index contributed by atoms with van der Waals surface area (Å²) in [6.07, 6.45) is 13.2. The Morgan fingerprint density at radius 3 is 2.63 bits per heavy atom. The minimum Gasteiger partial charge on any atom is -0.307 e. The second kappa shape index (κ2) is 7.34. The standard InChI is InChI=1S/C20H24N6O/c1-25-13-17(12-22-25)15-8-16(11-21-10-15)20(27)23-19-9-18(24-26(19)2)14-6-4-3-5-7-14/h8-14H,3-7H2,1-2H3,(H,23,27). The van der Waals surface area contributed by atoms with Crippen molar-refractivity contribution in [1.82, 2.24) is 24.5 Å². The molecule has 0 atom stereocenters. The van der Waals surface area contributed by atoms with Gasteiger partial charge in [-0.1, -0.05) is 19.3 Å². The number of rotatable bonds is 4. The lowest BCUT2D eigenvalue weighted by molar-refractivity contribution is 0.102. The monoisotopic (exact) mass is 364 g/mol. The van der Waals surface area contributed by atoms with Crippen LogP contribution in [-0.2, 0) is 14.1 Å². The van der Waals surface area contributed by atoms with E-state index >= 15 is 0 Å². The maximum Gasteiger partial charge on any atom is 0.258 e. The molecule has 0 bridgehead atoms. The van der Waals surface area contributed by atoms with Crippen LogP contribution in [0.3, 0.4) is 0 Å². The Balaban J connectivity index is 1.52. The molecule has 0 unspecified atom stereocenters. The summed E-state index contributed by atoms with van der Waals surface area (Å²) >= 11 is 0. The van der Waals surface area contributed by atoms with Gasteiger partial charge in [0.25, 0.3) is 5.91 Å². The van der Waals surface area contributed by atoms with Crippen LogP contribution in [0.5, 0.6) is 0 Å². The number of carbonyl (C=O) groups is 1. The van der Waals surface area contributed by atoms with Crippen molar-refractivity contribution in [3.05, 3.63) is 48.2 Å². The molecule has 7 heteroatoms. The topological polar surface area (TPSA) is 77.6 Å². The van der Waals surface area contributed by atoms with E-state index in [2.05, 4.69) is 20.5 Å². The van der Waals surface area contributed by atoms with Crippen LogP contribution in [0.25, 0.3) is 11.1 Å². The summed E-state index contributed by atoms with van der Waals surface area (Å²) in [6.45, 7) is 0. The fourth-order valence-electron chi connectivity index (χ4n) is 3.69. The van der Waals surface area contributed by atoms with E-state index in [9.17, 15) is 4.79 Å². The predicted octanol–water partition coefficient (Wildman–Crippen LogP) is 3.52. The molecule has 0 spiro atoms. The maximum absolute atomic E-state index is 12.7. The zero-order valence-electron chi connectivity index (χ0n) is 15.7. The molecule has 4 rings (SSSR count). The second-order valence-electron chi connectivity index (χ2n) is 7.23. The first kappa shape index (κ1) is 17.5. The van der Waals surface area contributed by atoms with E-state index in [0.29, 0.717) is 17.3 Å². The molecule has 140 valence electrons. The van der Waals surface area contributed by atoms with Crippen molar-refractivity contribution >= 4 is 11.7 Å². The SMILES string of the molecule is Cn1cc(-c2cncc(C(=O)Nc3cc(C4CCCCC4)nn3C)c2)cn1. The molecule has 1 amide bonds. The van der Waals surface area contributed by atoms with Gasteiger partial charge in [0.05, 0.1) is 17.5 Å². The summed E-state index contributed by atoms with van der Waals surface area (Å²) in [5.74, 6) is 1.03. The van der Waals surface area contributed by atoms with E-state index < -0.39 is 0 Å². The molecule has 1 N–H and O–H groups in total. The molecule has 27 heavy (non-hydrogen) atoms. The van der Waals surface area contributed by atoms with Crippen molar-refractivity contribution in [2.24, 2.45) is 14.1 Å². The summed E-state index contributed by atoms with van der Waals surface area (Å²) in [5, 5.41) is 11.8. The molecule has 1 fully saturated rings. The van der Waals surface area contributed by atoms with Crippen molar-refractivity contribution in [3.63, 3.8) is 0 Å². The average Bonchev–Trinajstić information content (AvgIpc) is 3.29. The van der Waals surface area contributed by atoms with Gasteiger partial charge in [0.15, 0.2) is 0 Å². The predicted molar refractivity (Wildman–Crippen MR) is 103 cm³/mol. The van der Waals surface area contributed by atoms with E-state index in [1.165, 1.54) is 32.1 Å². The minimum absolute atomic E-state index is 0.188. The fourth-order valence-corrected chi connectivity index (χ4v) is 3.69.